The lowest BCUT2D eigenvalue weighted by Gasteiger charge is -2.12. The second kappa shape index (κ2) is 7.79. The van der Waals surface area contributed by atoms with E-state index in [0.29, 0.717) is 25.2 Å². The van der Waals surface area contributed by atoms with Crippen molar-refractivity contribution in [1.82, 2.24) is 4.98 Å². The van der Waals surface area contributed by atoms with E-state index in [0.717, 1.165) is 41.0 Å². The average molecular weight is 353 g/mol. The van der Waals surface area contributed by atoms with E-state index in [2.05, 4.69) is 4.98 Å². The van der Waals surface area contributed by atoms with Gasteiger partial charge in [-0.2, -0.15) is 0 Å². The van der Waals surface area contributed by atoms with Gasteiger partial charge in [-0.3, -0.25) is 0 Å². The minimum Gasteiger partial charge on any atom is -0.494 e. The van der Waals surface area contributed by atoms with Gasteiger partial charge in [0.15, 0.2) is 23.8 Å². The molecule has 1 aromatic heterocycles. The molecule has 4 rings (SSSR count). The minimum absolute atomic E-state index is 0.300. The summed E-state index contributed by atoms with van der Waals surface area (Å²) in [4.78, 5) is 4.57. The summed E-state index contributed by atoms with van der Waals surface area (Å²) < 4.78 is 22.7. The summed E-state index contributed by atoms with van der Waals surface area (Å²) in [5.74, 6) is 2.18. The van der Waals surface area contributed by atoms with Gasteiger partial charge in [-0.1, -0.05) is 31.0 Å². The number of para-hydroxylation sites is 1. The van der Waals surface area contributed by atoms with E-state index in [-0.39, 0.29) is 0 Å². The Morgan fingerprint density at radius 3 is 2.81 bits per heavy atom. The highest BCUT2D eigenvalue weighted by Gasteiger charge is 2.15. The van der Waals surface area contributed by atoms with Gasteiger partial charge in [0.1, 0.15) is 11.5 Å². The van der Waals surface area contributed by atoms with Gasteiger partial charge in [-0.15, -0.1) is 0 Å². The van der Waals surface area contributed by atoms with Crippen LogP contribution in [-0.2, 0) is 11.2 Å². The number of hydrogen-bond donors (Lipinski definition) is 0. The van der Waals surface area contributed by atoms with E-state index in [1.807, 2.05) is 42.5 Å². The number of aromatic nitrogens is 1. The molecule has 0 aliphatic heterocycles. The number of ether oxygens (including phenoxy) is 3. The molecule has 0 radical (unpaired) electrons. The molecule has 1 aliphatic carbocycles. The maximum absolute atomic E-state index is 5.85. The number of methoxy groups -OCH3 is 1. The lowest BCUT2D eigenvalue weighted by Crippen LogP contribution is -2.12. The van der Waals surface area contributed by atoms with Crippen LogP contribution in [0.15, 0.2) is 46.9 Å². The Balaban J connectivity index is 1.41. The number of oxazole rings is 1. The van der Waals surface area contributed by atoms with Crippen molar-refractivity contribution in [3.63, 3.8) is 0 Å². The molecule has 0 N–H and O–H groups in total. The van der Waals surface area contributed by atoms with Gasteiger partial charge in [0.05, 0.1) is 13.2 Å². The summed E-state index contributed by atoms with van der Waals surface area (Å²) in [5, 5.41) is 0. The van der Waals surface area contributed by atoms with Crippen LogP contribution < -0.4 is 9.47 Å². The summed E-state index contributed by atoms with van der Waals surface area (Å²) in [7, 11) is 1.64. The molecule has 26 heavy (non-hydrogen) atoms. The normalized spacial score (nSPS) is 14.8. The highest BCUT2D eigenvalue weighted by atomic mass is 16.7. The first-order chi connectivity index (χ1) is 12.8. The van der Waals surface area contributed by atoms with Gasteiger partial charge >= 0.3 is 0 Å². The van der Waals surface area contributed by atoms with E-state index in [1.54, 1.807) is 7.11 Å². The molecule has 5 nitrogen and oxygen atoms in total. The molecule has 0 atom stereocenters. The minimum atomic E-state index is 0.300. The molecule has 0 bridgehead atoms. The van der Waals surface area contributed by atoms with Crippen molar-refractivity contribution in [3.8, 4) is 11.5 Å². The van der Waals surface area contributed by atoms with Crippen molar-refractivity contribution >= 4 is 11.1 Å². The maximum Gasteiger partial charge on any atom is 0.200 e. The van der Waals surface area contributed by atoms with Gasteiger partial charge in [-0.25, -0.2) is 4.98 Å². The first-order valence-electron chi connectivity index (χ1n) is 9.07. The van der Waals surface area contributed by atoms with Gasteiger partial charge in [0, 0.05) is 6.42 Å². The Hall–Kier alpha value is -2.53. The van der Waals surface area contributed by atoms with Crippen LogP contribution in [0.25, 0.3) is 11.1 Å². The fraction of sp³-hybridized carbons (Fsp3) is 0.381. The molecule has 1 aliphatic rings. The van der Waals surface area contributed by atoms with Crippen LogP contribution in [0.1, 0.15) is 37.1 Å². The van der Waals surface area contributed by atoms with E-state index in [4.69, 9.17) is 18.6 Å². The molecule has 136 valence electrons. The molecular formula is C21H23NO4. The molecular weight excluding hydrogens is 330 g/mol. The fourth-order valence-electron chi connectivity index (χ4n) is 3.38. The molecule has 1 saturated carbocycles. The number of hydrogen-bond acceptors (Lipinski definition) is 5. The molecule has 0 amide bonds. The quantitative estimate of drug-likeness (QED) is 0.575. The molecule has 1 heterocycles. The molecule has 1 fully saturated rings. The monoisotopic (exact) mass is 353 g/mol. The van der Waals surface area contributed by atoms with Gasteiger partial charge in [-0.05, 0) is 42.7 Å². The lowest BCUT2D eigenvalue weighted by atomic mass is 10.1. The third-order valence-electron chi connectivity index (χ3n) is 4.73. The Bertz CT molecular complexity index is 867. The second-order valence-corrected chi connectivity index (χ2v) is 6.57. The zero-order valence-electron chi connectivity index (χ0n) is 14.9. The zero-order valence-corrected chi connectivity index (χ0v) is 14.9. The highest BCUT2D eigenvalue weighted by Crippen LogP contribution is 2.27. The van der Waals surface area contributed by atoms with E-state index in [1.165, 1.54) is 12.8 Å². The van der Waals surface area contributed by atoms with Crippen LogP contribution in [0.5, 0.6) is 11.5 Å². The Kier molecular flexibility index (Phi) is 5.07. The van der Waals surface area contributed by atoms with Crippen molar-refractivity contribution in [2.24, 2.45) is 0 Å². The van der Waals surface area contributed by atoms with Crippen molar-refractivity contribution in [2.75, 3.05) is 13.9 Å². The third kappa shape index (κ3) is 3.83. The molecule has 3 aromatic rings. The molecule has 0 saturated heterocycles. The average Bonchev–Trinajstić information content (AvgIpc) is 3.31. The van der Waals surface area contributed by atoms with Crippen LogP contribution in [0.2, 0.25) is 0 Å². The summed E-state index contributed by atoms with van der Waals surface area (Å²) in [6, 6.07) is 13.6. The highest BCUT2D eigenvalue weighted by molar-refractivity contribution is 5.79. The lowest BCUT2D eigenvalue weighted by molar-refractivity contribution is -0.0325. The molecule has 0 spiro atoms. The summed E-state index contributed by atoms with van der Waals surface area (Å²) >= 11 is 0. The Labute approximate surface area is 152 Å². The van der Waals surface area contributed by atoms with Crippen LogP contribution in [0.3, 0.4) is 0 Å². The van der Waals surface area contributed by atoms with Gasteiger partial charge in [0.2, 0.25) is 0 Å². The summed E-state index contributed by atoms with van der Waals surface area (Å²) in [6.45, 7) is 0.300. The van der Waals surface area contributed by atoms with Crippen LogP contribution >= 0.6 is 0 Å². The smallest absolute Gasteiger partial charge is 0.200 e. The van der Waals surface area contributed by atoms with E-state index < -0.39 is 0 Å². The Morgan fingerprint density at radius 1 is 1.12 bits per heavy atom. The number of rotatable bonds is 7. The summed E-state index contributed by atoms with van der Waals surface area (Å²) in [5.41, 5.74) is 2.56. The third-order valence-corrected chi connectivity index (χ3v) is 4.73. The standard InChI is InChI=1S/C21H23NO4/c1-23-18-10-5-11-19-21(18)22-20(26-19)13-15-6-4-9-17(12-15)25-14-24-16-7-2-3-8-16/h4-6,9-12,16H,2-3,7-8,13-14H2,1H3. The van der Waals surface area contributed by atoms with Crippen molar-refractivity contribution < 1.29 is 18.6 Å². The molecule has 2 aromatic carbocycles. The number of fused-ring (bicyclic) bond motifs is 1. The maximum atomic E-state index is 5.85. The fourth-order valence-corrected chi connectivity index (χ4v) is 3.38. The Morgan fingerprint density at radius 2 is 1.96 bits per heavy atom. The SMILES string of the molecule is COc1cccc2oc(Cc3cccc(OCOC4CCCC4)c3)nc12. The first kappa shape index (κ1) is 16.9. The van der Waals surface area contributed by atoms with E-state index >= 15 is 0 Å². The van der Waals surface area contributed by atoms with Gasteiger partial charge in [0.25, 0.3) is 0 Å². The zero-order chi connectivity index (χ0) is 17.8. The van der Waals surface area contributed by atoms with Crippen molar-refractivity contribution in [1.29, 1.82) is 0 Å². The molecule has 5 heteroatoms. The second-order valence-electron chi connectivity index (χ2n) is 6.57. The van der Waals surface area contributed by atoms with Crippen molar-refractivity contribution in [2.45, 2.75) is 38.2 Å². The van der Waals surface area contributed by atoms with Crippen LogP contribution in [0, 0.1) is 0 Å². The largest absolute Gasteiger partial charge is 0.494 e. The van der Waals surface area contributed by atoms with Crippen LogP contribution in [0.4, 0.5) is 0 Å². The predicted molar refractivity (Wildman–Crippen MR) is 98.6 cm³/mol. The van der Waals surface area contributed by atoms with E-state index in [9.17, 15) is 0 Å². The number of benzene rings is 2. The summed E-state index contributed by atoms with van der Waals surface area (Å²) in [6.07, 6.45) is 5.76. The molecule has 0 unspecified atom stereocenters. The van der Waals surface area contributed by atoms with Crippen molar-refractivity contribution in [3.05, 3.63) is 53.9 Å². The predicted octanol–water partition coefficient (Wildman–Crippen LogP) is 4.72. The van der Waals surface area contributed by atoms with Gasteiger partial charge < -0.3 is 18.6 Å². The topological polar surface area (TPSA) is 53.7 Å². The van der Waals surface area contributed by atoms with Crippen LogP contribution in [-0.4, -0.2) is 25.0 Å². The first-order valence-corrected chi connectivity index (χ1v) is 9.07. The number of nitrogens with zero attached hydrogens (tertiary/aromatic N) is 1.